The molecule has 0 amide bonds. The van der Waals surface area contributed by atoms with Crippen LogP contribution in [0.3, 0.4) is 0 Å². The maximum Gasteiger partial charge on any atom is 0.154 e. The van der Waals surface area contributed by atoms with Crippen LogP contribution in [0.15, 0.2) is 11.1 Å². The van der Waals surface area contributed by atoms with Gasteiger partial charge in [0.2, 0.25) is 0 Å². The Morgan fingerprint density at radius 3 is 2.26 bits per heavy atom. The van der Waals surface area contributed by atoms with E-state index >= 15 is 0 Å². The highest BCUT2D eigenvalue weighted by Crippen LogP contribution is 2.72. The number of halogens is 2. The standard InChI is InChI=1S/C30H50FIO2/c1-18(17-22(33)25(31)27(4,5)34)19-11-15-30(8)21-9-10-23-26(2,3)24(32)13-14-28(23,6)20(21)12-16-29(19,30)7/h18-19,22-25,33-34H,9-17H2,1-8H3/t18-,19-,22?,23+,24+,25?,28-,29-,30+/m1/s1. The van der Waals surface area contributed by atoms with Gasteiger partial charge in [0, 0.05) is 3.92 Å². The first-order valence-electron chi connectivity index (χ1n) is 13.9. The van der Waals surface area contributed by atoms with E-state index in [0.717, 1.165) is 9.84 Å². The van der Waals surface area contributed by atoms with Crippen LogP contribution in [0.25, 0.3) is 0 Å². The summed E-state index contributed by atoms with van der Waals surface area (Å²) in [6.45, 7) is 17.9. The first-order valence-corrected chi connectivity index (χ1v) is 15.2. The molecule has 0 aromatic heterocycles. The van der Waals surface area contributed by atoms with Crippen LogP contribution in [0.5, 0.6) is 0 Å². The van der Waals surface area contributed by atoms with Crippen molar-refractivity contribution in [2.24, 2.45) is 39.4 Å². The number of rotatable bonds is 5. The van der Waals surface area contributed by atoms with Crippen molar-refractivity contribution in [3.05, 3.63) is 11.1 Å². The zero-order chi connectivity index (χ0) is 25.5. The van der Waals surface area contributed by atoms with Gasteiger partial charge in [-0.25, -0.2) is 4.39 Å². The predicted octanol–water partition coefficient (Wildman–Crippen LogP) is 8.04. The van der Waals surface area contributed by atoms with Gasteiger partial charge in [0.1, 0.15) is 0 Å². The SMILES string of the molecule is C[C@H](CC(O)C(F)C(C)(C)O)[C@H]1CC[C@@]2(C)C3=C(CC[C@]12C)[C@@]1(C)CC[C@H](I)C(C)(C)[C@@H]1CC3. The minimum absolute atomic E-state index is 0.199. The molecule has 4 heteroatoms. The Balaban J connectivity index is 1.62. The summed E-state index contributed by atoms with van der Waals surface area (Å²) in [7, 11) is 0. The van der Waals surface area contributed by atoms with Crippen LogP contribution in [0.2, 0.25) is 0 Å². The Morgan fingerprint density at radius 1 is 1.00 bits per heavy atom. The first-order chi connectivity index (χ1) is 15.5. The minimum atomic E-state index is -1.61. The van der Waals surface area contributed by atoms with E-state index in [2.05, 4.69) is 64.1 Å². The van der Waals surface area contributed by atoms with Gasteiger partial charge in [0.15, 0.2) is 6.17 Å². The van der Waals surface area contributed by atoms with Gasteiger partial charge in [0.25, 0.3) is 0 Å². The highest BCUT2D eigenvalue weighted by atomic mass is 127. The van der Waals surface area contributed by atoms with Crippen molar-refractivity contribution in [3.63, 3.8) is 0 Å². The lowest BCUT2D eigenvalue weighted by Crippen LogP contribution is -2.54. The van der Waals surface area contributed by atoms with Crippen molar-refractivity contribution < 1.29 is 14.6 Å². The van der Waals surface area contributed by atoms with E-state index in [1.54, 1.807) is 5.57 Å². The Morgan fingerprint density at radius 2 is 1.65 bits per heavy atom. The van der Waals surface area contributed by atoms with Crippen LogP contribution in [-0.4, -0.2) is 32.0 Å². The lowest BCUT2D eigenvalue weighted by Gasteiger charge is -2.62. The molecule has 0 radical (unpaired) electrons. The molecule has 2 saturated carbocycles. The molecule has 4 rings (SSSR count). The third-order valence-electron chi connectivity index (χ3n) is 12.0. The summed E-state index contributed by atoms with van der Waals surface area (Å²) in [5, 5.41) is 20.7. The minimum Gasteiger partial charge on any atom is -0.390 e. The zero-order valence-electron chi connectivity index (χ0n) is 23.0. The van der Waals surface area contributed by atoms with Crippen molar-refractivity contribution >= 4 is 22.6 Å². The van der Waals surface area contributed by atoms with E-state index in [4.69, 9.17) is 0 Å². The second kappa shape index (κ2) is 8.68. The van der Waals surface area contributed by atoms with E-state index in [1.807, 2.05) is 5.57 Å². The Kier molecular flexibility index (Phi) is 6.98. The molecule has 4 aliphatic carbocycles. The quantitative estimate of drug-likeness (QED) is 0.194. The van der Waals surface area contributed by atoms with Gasteiger partial charge < -0.3 is 10.2 Å². The molecular formula is C30H50FIO2. The fourth-order valence-corrected chi connectivity index (χ4v) is 10.5. The van der Waals surface area contributed by atoms with Crippen molar-refractivity contribution in [3.8, 4) is 0 Å². The molecule has 0 heterocycles. The van der Waals surface area contributed by atoms with Crippen LogP contribution < -0.4 is 0 Å². The molecule has 2 nitrogen and oxygen atoms in total. The fourth-order valence-electron chi connectivity index (χ4n) is 9.74. The molecule has 34 heavy (non-hydrogen) atoms. The molecule has 2 fully saturated rings. The molecule has 9 atom stereocenters. The van der Waals surface area contributed by atoms with E-state index in [1.165, 1.54) is 65.2 Å². The summed E-state index contributed by atoms with van der Waals surface area (Å²) >= 11 is 2.72. The smallest absolute Gasteiger partial charge is 0.154 e. The third kappa shape index (κ3) is 3.89. The zero-order valence-corrected chi connectivity index (χ0v) is 25.1. The lowest BCUT2D eigenvalue weighted by molar-refractivity contribution is -0.0759. The number of hydrogen-bond donors (Lipinski definition) is 2. The first kappa shape index (κ1) is 27.4. The second-order valence-electron chi connectivity index (χ2n) is 14.5. The van der Waals surface area contributed by atoms with E-state index in [-0.39, 0.29) is 16.7 Å². The number of hydrogen-bond acceptors (Lipinski definition) is 2. The van der Waals surface area contributed by atoms with Gasteiger partial charge in [-0.05, 0) is 111 Å². The van der Waals surface area contributed by atoms with Gasteiger partial charge >= 0.3 is 0 Å². The Bertz CT molecular complexity index is 830. The lowest BCUT2D eigenvalue weighted by atomic mass is 9.43. The molecular weight excluding hydrogens is 538 g/mol. The third-order valence-corrected chi connectivity index (χ3v) is 14.3. The molecule has 196 valence electrons. The van der Waals surface area contributed by atoms with Gasteiger partial charge in [0.05, 0.1) is 11.7 Å². The number of aliphatic hydroxyl groups excluding tert-OH is 1. The normalized spacial score (nSPS) is 44.6. The molecule has 2 N–H and O–H groups in total. The van der Waals surface area contributed by atoms with Crippen LogP contribution in [-0.2, 0) is 0 Å². The molecule has 0 aromatic rings. The van der Waals surface area contributed by atoms with Crippen LogP contribution in [0, 0.1) is 39.4 Å². The summed E-state index contributed by atoms with van der Waals surface area (Å²) in [5.74, 6) is 1.50. The predicted molar refractivity (Wildman–Crippen MR) is 148 cm³/mol. The van der Waals surface area contributed by atoms with Gasteiger partial charge in [-0.15, -0.1) is 0 Å². The highest BCUT2D eigenvalue weighted by molar-refractivity contribution is 14.1. The molecule has 0 saturated heterocycles. The number of aliphatic hydroxyl groups is 2. The fraction of sp³-hybridized carbons (Fsp3) is 0.933. The molecule has 0 spiro atoms. The summed E-state index contributed by atoms with van der Waals surface area (Å²) in [6, 6.07) is 0. The van der Waals surface area contributed by atoms with Crippen molar-refractivity contribution in [2.45, 2.75) is 135 Å². The monoisotopic (exact) mass is 588 g/mol. The number of allylic oxidation sites excluding steroid dienone is 2. The molecule has 0 aliphatic heterocycles. The largest absolute Gasteiger partial charge is 0.390 e. The van der Waals surface area contributed by atoms with Crippen LogP contribution in [0.1, 0.15) is 113 Å². The van der Waals surface area contributed by atoms with Gasteiger partial charge in [-0.2, -0.15) is 0 Å². The highest BCUT2D eigenvalue weighted by Gasteiger charge is 2.63. The summed E-state index contributed by atoms with van der Waals surface area (Å²) in [6.07, 6.45) is 7.77. The summed E-state index contributed by atoms with van der Waals surface area (Å²) in [4.78, 5) is 0. The molecule has 0 aromatic carbocycles. The summed E-state index contributed by atoms with van der Waals surface area (Å²) in [5.41, 5.74) is 3.25. The van der Waals surface area contributed by atoms with Gasteiger partial charge in [-0.3, -0.25) is 0 Å². The van der Waals surface area contributed by atoms with Crippen LogP contribution in [0.4, 0.5) is 4.39 Å². The average molecular weight is 589 g/mol. The van der Waals surface area contributed by atoms with Crippen LogP contribution >= 0.6 is 22.6 Å². The topological polar surface area (TPSA) is 40.5 Å². The maximum atomic E-state index is 14.7. The van der Waals surface area contributed by atoms with E-state index < -0.39 is 17.9 Å². The second-order valence-corrected chi connectivity index (χ2v) is 16.0. The van der Waals surface area contributed by atoms with E-state index in [0.29, 0.717) is 23.2 Å². The average Bonchev–Trinajstić information content (AvgIpc) is 3.01. The molecule has 4 aliphatic rings. The van der Waals surface area contributed by atoms with Crippen molar-refractivity contribution in [1.82, 2.24) is 0 Å². The number of alkyl halides is 2. The molecule has 0 bridgehead atoms. The van der Waals surface area contributed by atoms with E-state index in [9.17, 15) is 14.6 Å². The summed E-state index contributed by atoms with van der Waals surface area (Å²) < 4.78 is 15.4. The maximum absolute atomic E-state index is 14.7. The van der Waals surface area contributed by atoms with Gasteiger partial charge in [-0.1, -0.05) is 75.3 Å². The Labute approximate surface area is 222 Å². The van der Waals surface area contributed by atoms with Crippen molar-refractivity contribution in [1.29, 1.82) is 0 Å². The Hall–Kier alpha value is 0.320. The van der Waals surface area contributed by atoms with Crippen molar-refractivity contribution in [2.75, 3.05) is 0 Å². The number of fused-ring (bicyclic) bond motifs is 4. The molecule has 2 unspecified atom stereocenters.